The molecule has 0 aliphatic heterocycles. The Bertz CT molecular complexity index is 369. The Hall–Kier alpha value is -0.920. The molecule has 0 aliphatic carbocycles. The Morgan fingerprint density at radius 1 is 1.33 bits per heavy atom. The van der Waals surface area contributed by atoms with Crippen LogP contribution in [-0.4, -0.2) is 67.5 Å². The Kier molecular flexibility index (Phi) is 8.61. The molecule has 7 heteroatoms. The third kappa shape index (κ3) is 6.73. The molecule has 18 heavy (non-hydrogen) atoms. The first-order valence-corrected chi connectivity index (χ1v) is 7.16. The molecule has 1 atom stereocenters. The first-order valence-electron chi connectivity index (χ1n) is 6.02. The maximum Gasteiger partial charge on any atom is 0.321 e. The number of hydrogen-bond acceptors (Lipinski definition) is 4. The van der Waals surface area contributed by atoms with Crippen LogP contribution >= 0.6 is 0 Å². The van der Waals surface area contributed by atoms with Crippen molar-refractivity contribution in [2.24, 2.45) is 0 Å². The quantitative estimate of drug-likeness (QED) is 0.604. The van der Waals surface area contributed by atoms with Crippen molar-refractivity contribution in [3.05, 3.63) is 0 Å². The van der Waals surface area contributed by atoms with Crippen LogP contribution < -0.4 is 0 Å². The van der Waals surface area contributed by atoms with E-state index in [1.54, 1.807) is 0 Å². The van der Waals surface area contributed by atoms with Gasteiger partial charge in [0.2, 0.25) is 10.3 Å². The molecule has 0 aromatic heterocycles. The van der Waals surface area contributed by atoms with Gasteiger partial charge in [0.15, 0.2) is 0 Å². The summed E-state index contributed by atoms with van der Waals surface area (Å²) < 4.78 is 21.0. The second-order valence-electron chi connectivity index (χ2n) is 4.05. The molecule has 0 aliphatic rings. The highest BCUT2D eigenvalue weighted by atomic mass is 32.2. The fourth-order valence-electron chi connectivity index (χ4n) is 1.76. The van der Waals surface area contributed by atoms with Crippen LogP contribution in [0, 0.1) is 0 Å². The summed E-state index contributed by atoms with van der Waals surface area (Å²) in [5.74, 6) is -1.00. The van der Waals surface area contributed by atoms with E-state index in [1.807, 2.05) is 0 Å². The van der Waals surface area contributed by atoms with Gasteiger partial charge in [0.25, 0.3) is 0 Å². The number of likely N-dealkylation sites (N-methyl/N-ethyl adjacent to an activating group) is 1. The molecule has 0 amide bonds. The van der Waals surface area contributed by atoms with E-state index in [0.29, 0.717) is 6.42 Å². The fraction of sp³-hybridized carbons (Fsp3) is 0.818. The smallest absolute Gasteiger partial charge is 0.321 e. The van der Waals surface area contributed by atoms with Crippen LogP contribution in [0.4, 0.5) is 0 Å². The van der Waals surface area contributed by atoms with Gasteiger partial charge in [0.05, 0.1) is 0 Å². The lowest BCUT2D eigenvalue weighted by molar-refractivity contribution is -0.141. The van der Waals surface area contributed by atoms with Gasteiger partial charge in [-0.05, 0) is 39.5 Å². The lowest BCUT2D eigenvalue weighted by Gasteiger charge is -2.22. The van der Waals surface area contributed by atoms with Gasteiger partial charge in [-0.1, -0.05) is 13.8 Å². The maximum atomic E-state index is 11.1. The zero-order chi connectivity index (χ0) is 14.1. The molecule has 0 fully saturated rings. The van der Waals surface area contributed by atoms with E-state index < -0.39 is 22.3 Å². The zero-order valence-electron chi connectivity index (χ0n) is 11.2. The van der Waals surface area contributed by atoms with E-state index in [-0.39, 0.29) is 0 Å². The number of nitrogens with zero attached hydrogens (tertiary/aromatic N) is 2. The molecule has 6 nitrogen and oxygen atoms in total. The highest BCUT2D eigenvalue weighted by molar-refractivity contribution is 7.71. The molecule has 0 rings (SSSR count). The maximum absolute atomic E-state index is 11.1. The SMILES string of the molecule is CCN(CC)CCC[C@@H](C(=O)O)N(C)C=S(=O)=O. The van der Waals surface area contributed by atoms with Crippen LogP contribution in [0.3, 0.4) is 0 Å². The molecule has 0 spiro atoms. The molecule has 0 heterocycles. The first-order chi connectivity index (χ1) is 8.42. The standard InChI is InChI=1S/C11H22N2O4S/c1-4-13(5-2)8-6-7-10(11(14)15)12(3)9-18(16)17/h9-10H,4-8H2,1-3H3,(H,14,15)/t10-/m0/s1. The van der Waals surface area contributed by atoms with E-state index in [1.165, 1.54) is 11.9 Å². The topological polar surface area (TPSA) is 77.9 Å². The molecule has 0 aromatic carbocycles. The average Bonchev–Trinajstić information content (AvgIpc) is 2.27. The molecule has 0 unspecified atom stereocenters. The number of hydrogen-bond donors (Lipinski definition) is 1. The summed E-state index contributed by atoms with van der Waals surface area (Å²) in [7, 11) is -0.909. The van der Waals surface area contributed by atoms with Crippen molar-refractivity contribution in [2.45, 2.75) is 32.7 Å². The molecule has 0 bridgehead atoms. The summed E-state index contributed by atoms with van der Waals surface area (Å²) in [6.07, 6.45) is 1.15. The minimum absolute atomic E-state index is 0.427. The van der Waals surface area contributed by atoms with Crippen molar-refractivity contribution in [3.63, 3.8) is 0 Å². The van der Waals surface area contributed by atoms with Crippen molar-refractivity contribution in [2.75, 3.05) is 26.7 Å². The first kappa shape index (κ1) is 17.1. The Balaban J connectivity index is 4.38. The summed E-state index contributed by atoms with van der Waals surface area (Å²) in [5.41, 5.74) is 0.899. The van der Waals surface area contributed by atoms with Crippen LogP contribution in [0.2, 0.25) is 0 Å². The van der Waals surface area contributed by atoms with Crippen molar-refractivity contribution in [3.8, 4) is 0 Å². The Labute approximate surface area is 110 Å². The second kappa shape index (κ2) is 9.07. The van der Waals surface area contributed by atoms with Gasteiger partial charge < -0.3 is 10.0 Å². The number of aliphatic carboxylic acids is 1. The van der Waals surface area contributed by atoms with Gasteiger partial charge in [-0.3, -0.25) is 9.69 Å². The van der Waals surface area contributed by atoms with Gasteiger partial charge in [0, 0.05) is 0 Å². The van der Waals surface area contributed by atoms with Crippen LogP contribution in [0.15, 0.2) is 0 Å². The normalized spacial score (nSPS) is 12.7. The molecule has 1 N–H and O–H groups in total. The predicted octanol–water partition coefficient (Wildman–Crippen LogP) is 0.132. The Morgan fingerprint density at radius 3 is 2.28 bits per heavy atom. The van der Waals surface area contributed by atoms with E-state index in [0.717, 1.165) is 31.5 Å². The van der Waals surface area contributed by atoms with Gasteiger partial charge in [-0.15, -0.1) is 0 Å². The zero-order valence-corrected chi connectivity index (χ0v) is 12.0. The summed E-state index contributed by atoms with van der Waals surface area (Å²) >= 11 is 0. The van der Waals surface area contributed by atoms with Gasteiger partial charge in [-0.25, -0.2) is 0 Å². The van der Waals surface area contributed by atoms with Gasteiger partial charge in [0.1, 0.15) is 11.5 Å². The minimum atomic E-state index is -2.37. The summed E-state index contributed by atoms with van der Waals surface area (Å²) in [4.78, 5) is 14.5. The Morgan fingerprint density at radius 2 is 1.89 bits per heavy atom. The highest BCUT2D eigenvalue weighted by Crippen LogP contribution is 2.05. The lowest BCUT2D eigenvalue weighted by Crippen LogP contribution is -2.38. The van der Waals surface area contributed by atoms with Crippen LogP contribution in [0.25, 0.3) is 0 Å². The minimum Gasteiger partial charge on any atom is -0.480 e. The van der Waals surface area contributed by atoms with E-state index in [9.17, 15) is 13.2 Å². The third-order valence-corrected chi connectivity index (χ3v) is 3.38. The number of carboxylic acid groups (broad SMARTS) is 1. The van der Waals surface area contributed by atoms with Crippen LogP contribution in [0.1, 0.15) is 26.7 Å². The second-order valence-corrected chi connectivity index (χ2v) is 4.79. The molecule has 0 aromatic rings. The largest absolute Gasteiger partial charge is 0.480 e. The van der Waals surface area contributed by atoms with E-state index in [2.05, 4.69) is 18.7 Å². The molecular formula is C11H22N2O4S. The predicted molar refractivity (Wildman–Crippen MR) is 71.2 cm³/mol. The van der Waals surface area contributed by atoms with E-state index in [4.69, 9.17) is 5.11 Å². The summed E-state index contributed by atoms with van der Waals surface area (Å²) in [5, 5.41) is 9.06. The van der Waals surface area contributed by atoms with Crippen LogP contribution in [-0.2, 0) is 15.1 Å². The summed E-state index contributed by atoms with van der Waals surface area (Å²) in [6.45, 7) is 6.80. The van der Waals surface area contributed by atoms with Crippen molar-refractivity contribution in [1.82, 2.24) is 9.80 Å². The average molecular weight is 278 g/mol. The number of carboxylic acids is 1. The number of carbonyl (C=O) groups is 1. The third-order valence-electron chi connectivity index (χ3n) is 2.88. The molecule has 0 saturated heterocycles. The van der Waals surface area contributed by atoms with Crippen molar-refractivity contribution >= 4 is 21.8 Å². The van der Waals surface area contributed by atoms with Crippen molar-refractivity contribution in [1.29, 1.82) is 0 Å². The van der Waals surface area contributed by atoms with Crippen LogP contribution in [0.5, 0.6) is 0 Å². The molecular weight excluding hydrogens is 256 g/mol. The highest BCUT2D eigenvalue weighted by Gasteiger charge is 2.21. The fourth-order valence-corrected chi connectivity index (χ4v) is 2.18. The monoisotopic (exact) mass is 278 g/mol. The van der Waals surface area contributed by atoms with Gasteiger partial charge >= 0.3 is 5.97 Å². The van der Waals surface area contributed by atoms with Crippen molar-refractivity contribution < 1.29 is 18.3 Å². The molecule has 0 radical (unpaired) electrons. The molecule has 0 saturated carbocycles. The summed E-state index contributed by atoms with van der Waals surface area (Å²) in [6, 6.07) is -0.793. The molecule has 106 valence electrons. The number of rotatable bonds is 9. The lowest BCUT2D eigenvalue weighted by atomic mass is 10.1. The van der Waals surface area contributed by atoms with Gasteiger partial charge in [-0.2, -0.15) is 8.42 Å². The van der Waals surface area contributed by atoms with E-state index >= 15 is 0 Å².